The molecule has 1 N–H and O–H groups in total. The lowest BCUT2D eigenvalue weighted by atomic mass is 9.83. The lowest BCUT2D eigenvalue weighted by Gasteiger charge is -2.25. The zero-order chi connectivity index (χ0) is 16.4. The maximum absolute atomic E-state index is 12.5. The lowest BCUT2D eigenvalue weighted by Crippen LogP contribution is -2.31. The van der Waals surface area contributed by atoms with Gasteiger partial charge in [0, 0.05) is 12.5 Å². The highest BCUT2D eigenvalue weighted by molar-refractivity contribution is 5.92. The summed E-state index contributed by atoms with van der Waals surface area (Å²) in [7, 11) is 0. The van der Waals surface area contributed by atoms with Crippen molar-refractivity contribution in [1.82, 2.24) is 15.5 Å². The molecule has 4 rings (SSSR count). The summed E-state index contributed by atoms with van der Waals surface area (Å²) in [6.07, 6.45) is 7.83. The molecule has 0 saturated heterocycles. The Morgan fingerprint density at radius 2 is 1.88 bits per heavy atom. The number of carbonyl (C=O) groups excluding carboxylic acids is 1. The third kappa shape index (κ3) is 3.05. The first kappa shape index (κ1) is 15.3. The van der Waals surface area contributed by atoms with E-state index >= 15 is 0 Å². The van der Waals surface area contributed by atoms with Crippen LogP contribution in [0.15, 0.2) is 30.3 Å². The van der Waals surface area contributed by atoms with Crippen LogP contribution < -0.4 is 5.32 Å². The van der Waals surface area contributed by atoms with Crippen LogP contribution in [0.1, 0.15) is 64.5 Å². The summed E-state index contributed by atoms with van der Waals surface area (Å²) in [5.74, 6) is 0.309. The van der Waals surface area contributed by atoms with E-state index in [-0.39, 0.29) is 5.91 Å². The van der Waals surface area contributed by atoms with E-state index in [2.05, 4.69) is 39.8 Å². The van der Waals surface area contributed by atoms with Gasteiger partial charge in [-0.1, -0.05) is 24.3 Å². The quantitative estimate of drug-likeness (QED) is 0.944. The fourth-order valence-electron chi connectivity index (χ4n) is 3.97. The molecule has 1 heterocycles. The maximum Gasteiger partial charge on any atom is 0.271 e. The predicted octanol–water partition coefficient (Wildman–Crippen LogP) is 3.21. The number of nitrogens with one attached hydrogen (secondary N) is 1. The van der Waals surface area contributed by atoms with E-state index in [4.69, 9.17) is 0 Å². The molecule has 24 heavy (non-hydrogen) atoms. The van der Waals surface area contributed by atoms with Crippen LogP contribution in [0.5, 0.6) is 0 Å². The van der Waals surface area contributed by atoms with E-state index in [1.54, 1.807) is 0 Å². The van der Waals surface area contributed by atoms with Gasteiger partial charge in [0.05, 0.1) is 5.69 Å². The minimum atomic E-state index is -0.0982. The van der Waals surface area contributed by atoms with E-state index in [0.29, 0.717) is 18.2 Å². The van der Waals surface area contributed by atoms with Crippen molar-refractivity contribution < 1.29 is 4.79 Å². The molecule has 1 unspecified atom stereocenters. The fourth-order valence-corrected chi connectivity index (χ4v) is 3.97. The molecule has 2 aromatic rings. The van der Waals surface area contributed by atoms with Gasteiger partial charge in [0.2, 0.25) is 0 Å². The van der Waals surface area contributed by atoms with Crippen molar-refractivity contribution in [1.29, 1.82) is 0 Å². The van der Waals surface area contributed by atoms with Gasteiger partial charge in [-0.25, -0.2) is 0 Å². The fraction of sp³-hybridized carbons (Fsp3) is 0.450. The molecule has 1 aromatic heterocycles. The third-order valence-corrected chi connectivity index (χ3v) is 5.31. The van der Waals surface area contributed by atoms with Gasteiger partial charge in [0.25, 0.3) is 5.91 Å². The topological polar surface area (TPSA) is 54.9 Å². The number of hydrogen-bond donors (Lipinski definition) is 1. The lowest BCUT2D eigenvalue weighted by molar-refractivity contribution is 0.0944. The Morgan fingerprint density at radius 1 is 1.04 bits per heavy atom. The zero-order valence-corrected chi connectivity index (χ0v) is 13.9. The minimum absolute atomic E-state index is 0.0982. The van der Waals surface area contributed by atoms with Crippen molar-refractivity contribution >= 4 is 5.91 Å². The molecule has 1 aromatic carbocycles. The van der Waals surface area contributed by atoms with Crippen LogP contribution in [0, 0.1) is 0 Å². The standard InChI is InChI=1S/C20H23N3O/c24-20(19-12-15-7-2-4-11-18(15)22-23-19)21-13-16-9-5-8-14-6-1-3-10-17(14)16/h1,3,6,10,12,16H,2,4-5,7-9,11,13H2,(H,21,24). The number of amides is 1. The predicted molar refractivity (Wildman–Crippen MR) is 93.1 cm³/mol. The van der Waals surface area contributed by atoms with Gasteiger partial charge in [-0.05, 0) is 67.7 Å². The molecule has 0 bridgehead atoms. The van der Waals surface area contributed by atoms with Crippen LogP contribution in [-0.4, -0.2) is 22.6 Å². The van der Waals surface area contributed by atoms with Crippen molar-refractivity contribution in [3.8, 4) is 0 Å². The number of rotatable bonds is 3. The molecule has 0 radical (unpaired) electrons. The van der Waals surface area contributed by atoms with E-state index in [0.717, 1.165) is 31.4 Å². The van der Waals surface area contributed by atoms with Crippen molar-refractivity contribution in [2.75, 3.05) is 6.54 Å². The van der Waals surface area contributed by atoms with Crippen LogP contribution in [0.2, 0.25) is 0 Å². The average molecular weight is 321 g/mol. The van der Waals surface area contributed by atoms with E-state index in [1.165, 1.54) is 36.0 Å². The first-order valence-electron chi connectivity index (χ1n) is 9.03. The summed E-state index contributed by atoms with van der Waals surface area (Å²) < 4.78 is 0. The van der Waals surface area contributed by atoms with Gasteiger partial charge in [-0.15, -0.1) is 5.10 Å². The second-order valence-corrected chi connectivity index (χ2v) is 6.91. The molecule has 1 amide bonds. The average Bonchev–Trinajstić information content (AvgIpc) is 2.65. The van der Waals surface area contributed by atoms with Crippen LogP contribution in [0.4, 0.5) is 0 Å². The van der Waals surface area contributed by atoms with Crippen molar-refractivity contribution in [2.24, 2.45) is 0 Å². The highest BCUT2D eigenvalue weighted by atomic mass is 16.1. The number of fused-ring (bicyclic) bond motifs is 2. The Kier molecular flexibility index (Phi) is 4.28. The summed E-state index contributed by atoms with van der Waals surface area (Å²) in [6.45, 7) is 0.675. The van der Waals surface area contributed by atoms with Gasteiger partial charge in [-0.2, -0.15) is 5.10 Å². The monoisotopic (exact) mass is 321 g/mol. The molecule has 124 valence electrons. The first-order chi connectivity index (χ1) is 11.8. The Bertz CT molecular complexity index is 756. The Balaban J connectivity index is 1.44. The van der Waals surface area contributed by atoms with E-state index in [9.17, 15) is 4.79 Å². The number of benzene rings is 1. The molecule has 1 atom stereocenters. The summed E-state index contributed by atoms with van der Waals surface area (Å²) >= 11 is 0. The van der Waals surface area contributed by atoms with E-state index in [1.807, 2.05) is 6.07 Å². The summed E-state index contributed by atoms with van der Waals surface area (Å²) in [5, 5.41) is 11.5. The molecule has 0 aliphatic heterocycles. The molecule has 4 nitrogen and oxygen atoms in total. The van der Waals surface area contributed by atoms with Crippen LogP contribution in [-0.2, 0) is 19.3 Å². The second-order valence-electron chi connectivity index (χ2n) is 6.91. The number of nitrogens with zero attached hydrogens (tertiary/aromatic N) is 2. The zero-order valence-electron chi connectivity index (χ0n) is 13.9. The van der Waals surface area contributed by atoms with Gasteiger partial charge < -0.3 is 5.32 Å². The maximum atomic E-state index is 12.5. The second kappa shape index (κ2) is 6.71. The SMILES string of the molecule is O=C(NCC1CCCc2ccccc21)c1cc2c(nn1)CCCC2. The molecule has 0 fully saturated rings. The van der Waals surface area contributed by atoms with Crippen molar-refractivity contribution in [3.63, 3.8) is 0 Å². The van der Waals surface area contributed by atoms with Gasteiger partial charge in [-0.3, -0.25) is 4.79 Å². The molecule has 0 saturated carbocycles. The molecular formula is C20H23N3O. The molecule has 4 heteroatoms. The minimum Gasteiger partial charge on any atom is -0.350 e. The molecule has 2 aliphatic rings. The van der Waals surface area contributed by atoms with Crippen LogP contribution >= 0.6 is 0 Å². The van der Waals surface area contributed by atoms with Crippen molar-refractivity contribution in [2.45, 2.75) is 50.9 Å². The Labute approximate surface area is 142 Å². The molecule has 2 aliphatic carbocycles. The van der Waals surface area contributed by atoms with E-state index < -0.39 is 0 Å². The number of aryl methyl sites for hydroxylation is 3. The molecular weight excluding hydrogens is 298 g/mol. The highest BCUT2D eigenvalue weighted by Gasteiger charge is 2.21. The smallest absolute Gasteiger partial charge is 0.271 e. The summed E-state index contributed by atoms with van der Waals surface area (Å²) in [6, 6.07) is 10.5. The van der Waals surface area contributed by atoms with Gasteiger partial charge in [0.15, 0.2) is 5.69 Å². The number of hydrogen-bond acceptors (Lipinski definition) is 3. The van der Waals surface area contributed by atoms with Crippen LogP contribution in [0.3, 0.4) is 0 Å². The number of aromatic nitrogens is 2. The highest BCUT2D eigenvalue weighted by Crippen LogP contribution is 2.30. The first-order valence-corrected chi connectivity index (χ1v) is 9.03. The summed E-state index contributed by atoms with van der Waals surface area (Å²) in [4.78, 5) is 12.5. The van der Waals surface area contributed by atoms with Crippen molar-refractivity contribution in [3.05, 3.63) is 58.4 Å². The normalized spacial score (nSPS) is 19.2. The largest absolute Gasteiger partial charge is 0.350 e. The summed E-state index contributed by atoms with van der Waals surface area (Å²) in [5.41, 5.74) is 5.54. The molecule has 0 spiro atoms. The van der Waals surface area contributed by atoms with Crippen LogP contribution in [0.25, 0.3) is 0 Å². The third-order valence-electron chi connectivity index (χ3n) is 5.31. The van der Waals surface area contributed by atoms with Gasteiger partial charge in [0.1, 0.15) is 0 Å². The number of carbonyl (C=O) groups is 1. The Morgan fingerprint density at radius 3 is 2.83 bits per heavy atom. The van der Waals surface area contributed by atoms with Gasteiger partial charge >= 0.3 is 0 Å². The Hall–Kier alpha value is -2.23.